The Bertz CT molecular complexity index is 1220. The molecule has 1 aromatic heterocycles. The van der Waals surface area contributed by atoms with Gasteiger partial charge in [-0.15, -0.1) is 0 Å². The number of nitrogens with one attached hydrogen (secondary N) is 1. The van der Waals surface area contributed by atoms with Gasteiger partial charge in [-0.1, -0.05) is 23.7 Å². The molecule has 0 aliphatic carbocycles. The monoisotopic (exact) mass is 419 g/mol. The van der Waals surface area contributed by atoms with E-state index in [0.717, 1.165) is 27.5 Å². The van der Waals surface area contributed by atoms with Gasteiger partial charge in [0, 0.05) is 22.1 Å². The fourth-order valence-corrected chi connectivity index (χ4v) is 3.92. The lowest BCUT2D eigenvalue weighted by Gasteiger charge is -2.12. The second kappa shape index (κ2) is 7.50. The highest BCUT2D eigenvalue weighted by atomic mass is 35.5. The molecule has 1 saturated heterocycles. The Hall–Kier alpha value is -3.31. The molecule has 152 valence electrons. The first kappa shape index (κ1) is 20.0. The van der Waals surface area contributed by atoms with Crippen LogP contribution in [0, 0.1) is 27.7 Å². The van der Waals surface area contributed by atoms with Gasteiger partial charge in [-0.25, -0.2) is 9.69 Å². The predicted molar refractivity (Wildman–Crippen MR) is 120 cm³/mol. The van der Waals surface area contributed by atoms with Crippen LogP contribution in [0.5, 0.6) is 0 Å². The predicted octanol–water partition coefficient (Wildman–Crippen LogP) is 5.46. The summed E-state index contributed by atoms with van der Waals surface area (Å²) < 4.78 is 2.15. The summed E-state index contributed by atoms with van der Waals surface area (Å²) in [6, 6.07) is 14.5. The number of nitrogens with zero attached hydrogens (tertiary/aromatic N) is 2. The number of benzene rings is 2. The maximum Gasteiger partial charge on any atom is 0.333 e. The summed E-state index contributed by atoms with van der Waals surface area (Å²) in [4.78, 5) is 26.5. The van der Waals surface area contributed by atoms with E-state index in [1.165, 1.54) is 11.1 Å². The number of halogens is 1. The molecule has 0 bridgehead atoms. The molecular weight excluding hydrogens is 398 g/mol. The van der Waals surface area contributed by atoms with Crippen LogP contribution in [0.15, 0.2) is 54.2 Å². The Morgan fingerprint density at radius 1 is 0.900 bits per heavy atom. The van der Waals surface area contributed by atoms with E-state index >= 15 is 0 Å². The minimum Gasteiger partial charge on any atom is -0.318 e. The van der Waals surface area contributed by atoms with Gasteiger partial charge in [0.2, 0.25) is 0 Å². The number of hydrogen-bond acceptors (Lipinski definition) is 2. The highest BCUT2D eigenvalue weighted by molar-refractivity contribution is 6.32. The summed E-state index contributed by atoms with van der Waals surface area (Å²) in [5.74, 6) is -0.404. The molecule has 0 saturated carbocycles. The molecular formula is C24H22ClN3O2. The third kappa shape index (κ3) is 3.42. The Morgan fingerprint density at radius 3 is 2.37 bits per heavy atom. The fraction of sp³-hybridized carbons (Fsp3) is 0.167. The molecule has 1 aliphatic rings. The first-order valence-electron chi connectivity index (χ1n) is 9.65. The van der Waals surface area contributed by atoms with Crippen molar-refractivity contribution >= 4 is 35.3 Å². The van der Waals surface area contributed by atoms with Crippen molar-refractivity contribution in [1.82, 2.24) is 9.88 Å². The molecule has 2 heterocycles. The number of aromatic nitrogens is 1. The summed E-state index contributed by atoms with van der Waals surface area (Å²) in [7, 11) is 0. The molecule has 6 heteroatoms. The Kier molecular flexibility index (Phi) is 5.00. The van der Waals surface area contributed by atoms with E-state index in [9.17, 15) is 9.59 Å². The van der Waals surface area contributed by atoms with Crippen molar-refractivity contribution in [2.45, 2.75) is 27.7 Å². The molecule has 0 radical (unpaired) electrons. The average Bonchev–Trinajstić information content (AvgIpc) is 3.12. The second-order valence-electron chi connectivity index (χ2n) is 7.54. The number of imide groups is 1. The minimum absolute atomic E-state index is 0.236. The van der Waals surface area contributed by atoms with Crippen molar-refractivity contribution in [2.75, 3.05) is 4.90 Å². The van der Waals surface area contributed by atoms with Crippen LogP contribution in [-0.4, -0.2) is 16.5 Å². The smallest absolute Gasteiger partial charge is 0.318 e. The zero-order chi connectivity index (χ0) is 21.6. The third-order valence-corrected chi connectivity index (χ3v) is 5.70. The number of amides is 3. The van der Waals surface area contributed by atoms with E-state index in [0.29, 0.717) is 10.7 Å². The van der Waals surface area contributed by atoms with Crippen LogP contribution in [0.4, 0.5) is 10.5 Å². The van der Waals surface area contributed by atoms with E-state index in [2.05, 4.69) is 41.9 Å². The first-order valence-corrected chi connectivity index (χ1v) is 10.0. The van der Waals surface area contributed by atoms with Crippen molar-refractivity contribution in [1.29, 1.82) is 0 Å². The summed E-state index contributed by atoms with van der Waals surface area (Å²) in [6.07, 6.45) is 1.73. The van der Waals surface area contributed by atoms with Crippen LogP contribution in [0.3, 0.4) is 0 Å². The lowest BCUT2D eigenvalue weighted by Crippen LogP contribution is -2.30. The highest BCUT2D eigenvalue weighted by Crippen LogP contribution is 2.27. The molecule has 30 heavy (non-hydrogen) atoms. The molecule has 0 unspecified atom stereocenters. The van der Waals surface area contributed by atoms with Crippen molar-refractivity contribution < 1.29 is 9.59 Å². The normalized spacial score (nSPS) is 15.2. The van der Waals surface area contributed by atoms with Crippen LogP contribution in [-0.2, 0) is 4.79 Å². The van der Waals surface area contributed by atoms with Gasteiger partial charge in [0.05, 0.1) is 5.69 Å². The SMILES string of the molecule is Cc1ccc(-n2c(C)cc(C=C3NC(=O)N(c4cccc(Cl)c4)C3=O)c2C)cc1C. The van der Waals surface area contributed by atoms with Crippen LogP contribution >= 0.6 is 11.6 Å². The Morgan fingerprint density at radius 2 is 1.67 bits per heavy atom. The topological polar surface area (TPSA) is 54.3 Å². The zero-order valence-electron chi connectivity index (χ0n) is 17.3. The number of hydrogen-bond donors (Lipinski definition) is 1. The number of anilines is 1. The molecule has 2 aromatic carbocycles. The van der Waals surface area contributed by atoms with E-state index in [-0.39, 0.29) is 5.70 Å². The third-order valence-electron chi connectivity index (χ3n) is 5.46. The zero-order valence-corrected chi connectivity index (χ0v) is 18.0. The molecule has 1 fully saturated rings. The molecule has 3 aromatic rings. The molecule has 1 aliphatic heterocycles. The van der Waals surface area contributed by atoms with E-state index in [1.807, 2.05) is 19.9 Å². The molecule has 4 rings (SSSR count). The van der Waals surface area contributed by atoms with E-state index in [4.69, 9.17) is 11.6 Å². The highest BCUT2D eigenvalue weighted by Gasteiger charge is 2.35. The summed E-state index contributed by atoms with van der Waals surface area (Å²) >= 11 is 6.02. The van der Waals surface area contributed by atoms with Crippen LogP contribution in [0.1, 0.15) is 28.1 Å². The largest absolute Gasteiger partial charge is 0.333 e. The molecule has 3 amide bonds. The lowest BCUT2D eigenvalue weighted by molar-refractivity contribution is -0.113. The number of aryl methyl sites for hydroxylation is 3. The summed E-state index contributed by atoms with van der Waals surface area (Å²) in [6.45, 7) is 8.21. The fourth-order valence-electron chi connectivity index (χ4n) is 3.74. The Labute approximate surface area is 180 Å². The quantitative estimate of drug-likeness (QED) is 0.452. The lowest BCUT2D eigenvalue weighted by atomic mass is 10.1. The van der Waals surface area contributed by atoms with Gasteiger partial charge in [0.15, 0.2) is 0 Å². The molecule has 0 spiro atoms. The van der Waals surface area contributed by atoms with Crippen LogP contribution in [0.25, 0.3) is 11.8 Å². The summed E-state index contributed by atoms with van der Waals surface area (Å²) in [5, 5.41) is 3.14. The molecule has 1 N–H and O–H groups in total. The van der Waals surface area contributed by atoms with Crippen molar-refractivity contribution in [3.63, 3.8) is 0 Å². The summed E-state index contributed by atoms with van der Waals surface area (Å²) in [5.41, 5.74) is 7.12. The van der Waals surface area contributed by atoms with Gasteiger partial charge in [0.1, 0.15) is 5.70 Å². The number of rotatable bonds is 3. The van der Waals surface area contributed by atoms with Crippen LogP contribution in [0.2, 0.25) is 5.02 Å². The van der Waals surface area contributed by atoms with Gasteiger partial charge in [-0.05, 0) is 86.9 Å². The van der Waals surface area contributed by atoms with Gasteiger partial charge < -0.3 is 9.88 Å². The Balaban J connectivity index is 1.71. The average molecular weight is 420 g/mol. The van der Waals surface area contributed by atoms with E-state index < -0.39 is 11.9 Å². The number of carbonyl (C=O) groups excluding carboxylic acids is 2. The van der Waals surface area contributed by atoms with Crippen molar-refractivity contribution in [3.8, 4) is 5.69 Å². The van der Waals surface area contributed by atoms with E-state index in [1.54, 1.807) is 30.3 Å². The number of urea groups is 1. The van der Waals surface area contributed by atoms with Crippen molar-refractivity contribution in [2.24, 2.45) is 0 Å². The molecule has 0 atom stereocenters. The van der Waals surface area contributed by atoms with Gasteiger partial charge in [-0.2, -0.15) is 0 Å². The van der Waals surface area contributed by atoms with Gasteiger partial charge in [0.25, 0.3) is 5.91 Å². The van der Waals surface area contributed by atoms with Gasteiger partial charge in [-0.3, -0.25) is 4.79 Å². The van der Waals surface area contributed by atoms with Crippen LogP contribution < -0.4 is 10.2 Å². The second-order valence-corrected chi connectivity index (χ2v) is 7.98. The maximum atomic E-state index is 12.9. The van der Waals surface area contributed by atoms with Crippen molar-refractivity contribution in [3.05, 3.63) is 87.3 Å². The van der Waals surface area contributed by atoms with Gasteiger partial charge >= 0.3 is 6.03 Å². The first-order chi connectivity index (χ1) is 14.3. The standard InChI is InChI=1S/C24H22ClN3O2/c1-14-8-9-21(10-15(14)2)27-16(3)11-18(17(27)4)12-22-23(29)28(24(30)26-22)20-7-5-6-19(25)13-20/h5-13H,1-4H3,(H,26,30). The number of carbonyl (C=O) groups is 2. The minimum atomic E-state index is -0.489. The molecule has 5 nitrogen and oxygen atoms in total. The maximum absolute atomic E-state index is 12.9.